The predicted octanol–water partition coefficient (Wildman–Crippen LogP) is 0.513. The lowest BCUT2D eigenvalue weighted by molar-refractivity contribution is 0.101. The van der Waals surface area contributed by atoms with Gasteiger partial charge < -0.3 is 15.6 Å². The third-order valence-corrected chi connectivity index (χ3v) is 1.53. The number of aliphatic hydroxyl groups is 1. The Morgan fingerprint density at radius 1 is 1.45 bits per heavy atom. The van der Waals surface area contributed by atoms with E-state index in [0.29, 0.717) is 13.0 Å². The number of hydrogen-bond acceptors (Lipinski definition) is 3. The van der Waals surface area contributed by atoms with Crippen molar-refractivity contribution in [3.63, 3.8) is 0 Å². The fraction of sp³-hybridized carbons (Fsp3) is 1.00. The molecule has 0 rings (SSSR count). The van der Waals surface area contributed by atoms with E-state index in [1.165, 1.54) is 0 Å². The first-order valence-electron chi connectivity index (χ1n) is 4.10. The molecule has 0 saturated heterocycles. The van der Waals surface area contributed by atoms with Crippen LogP contribution >= 0.6 is 0 Å². The van der Waals surface area contributed by atoms with E-state index in [1.807, 2.05) is 6.92 Å². The summed E-state index contributed by atoms with van der Waals surface area (Å²) >= 11 is 0. The van der Waals surface area contributed by atoms with Crippen molar-refractivity contribution in [2.45, 2.75) is 32.2 Å². The minimum atomic E-state index is -0.478. The van der Waals surface area contributed by atoms with Crippen LogP contribution in [0.15, 0.2) is 0 Å². The summed E-state index contributed by atoms with van der Waals surface area (Å²) in [5.74, 6) is 0. The van der Waals surface area contributed by atoms with Crippen molar-refractivity contribution in [3.05, 3.63) is 0 Å². The Balaban J connectivity index is 3.23. The zero-order valence-electron chi connectivity index (χ0n) is 7.47. The van der Waals surface area contributed by atoms with E-state index in [1.54, 1.807) is 0 Å². The normalized spacial score (nSPS) is 16.4. The van der Waals surface area contributed by atoms with Gasteiger partial charge in [0.2, 0.25) is 0 Å². The molecule has 0 heterocycles. The Morgan fingerprint density at radius 3 is 2.55 bits per heavy atom. The van der Waals surface area contributed by atoms with Crippen molar-refractivity contribution in [2.24, 2.45) is 5.73 Å². The molecule has 0 aliphatic heterocycles. The summed E-state index contributed by atoms with van der Waals surface area (Å²) < 4.78 is 5.23. The summed E-state index contributed by atoms with van der Waals surface area (Å²) in [7, 11) is 0. The van der Waals surface area contributed by atoms with Gasteiger partial charge >= 0.3 is 0 Å². The number of rotatable bonds is 6. The van der Waals surface area contributed by atoms with Gasteiger partial charge in [0.15, 0.2) is 0 Å². The average molecular weight is 161 g/mol. The molecule has 11 heavy (non-hydrogen) atoms. The number of ether oxygens (including phenoxy) is 1. The Morgan fingerprint density at radius 2 is 2.09 bits per heavy atom. The van der Waals surface area contributed by atoms with Crippen molar-refractivity contribution in [1.82, 2.24) is 0 Å². The Kier molecular flexibility index (Phi) is 5.46. The van der Waals surface area contributed by atoms with Crippen molar-refractivity contribution < 1.29 is 9.84 Å². The van der Waals surface area contributed by atoms with Crippen LogP contribution in [0.1, 0.15) is 26.7 Å². The fourth-order valence-electron chi connectivity index (χ4n) is 0.631. The van der Waals surface area contributed by atoms with E-state index >= 15 is 0 Å². The second kappa shape index (κ2) is 5.52. The molecule has 0 bridgehead atoms. The maximum atomic E-state index is 8.77. The summed E-state index contributed by atoms with van der Waals surface area (Å²) in [4.78, 5) is 0. The summed E-state index contributed by atoms with van der Waals surface area (Å²) in [5.41, 5.74) is 5.19. The molecule has 0 aliphatic carbocycles. The monoisotopic (exact) mass is 161 g/mol. The van der Waals surface area contributed by atoms with E-state index < -0.39 is 5.54 Å². The van der Waals surface area contributed by atoms with Gasteiger partial charge in [-0.1, -0.05) is 6.92 Å². The van der Waals surface area contributed by atoms with Crippen LogP contribution in [0, 0.1) is 0 Å². The van der Waals surface area contributed by atoms with Gasteiger partial charge in [-0.25, -0.2) is 0 Å². The molecule has 0 saturated carbocycles. The average Bonchev–Trinajstić information content (AvgIpc) is 1.99. The Bertz CT molecular complexity index is 94.1. The van der Waals surface area contributed by atoms with Crippen LogP contribution in [0.3, 0.4) is 0 Å². The highest BCUT2D eigenvalue weighted by atomic mass is 16.5. The first-order chi connectivity index (χ1) is 5.12. The molecule has 3 heteroatoms. The first kappa shape index (κ1) is 10.9. The molecule has 3 N–H and O–H groups in total. The van der Waals surface area contributed by atoms with Crippen LogP contribution < -0.4 is 5.73 Å². The molecule has 0 spiro atoms. The second-order valence-corrected chi connectivity index (χ2v) is 3.17. The topological polar surface area (TPSA) is 55.5 Å². The zero-order valence-corrected chi connectivity index (χ0v) is 7.47. The van der Waals surface area contributed by atoms with Gasteiger partial charge in [-0.2, -0.15) is 0 Å². The molecule has 0 fully saturated rings. The molecule has 0 aromatic carbocycles. The van der Waals surface area contributed by atoms with Gasteiger partial charge in [0.05, 0.1) is 6.61 Å². The molecule has 0 aromatic rings. The molecule has 0 radical (unpaired) electrons. The highest BCUT2D eigenvalue weighted by Crippen LogP contribution is 2.03. The number of hydrogen-bond donors (Lipinski definition) is 2. The minimum absolute atomic E-state index is 0.0164. The fourth-order valence-corrected chi connectivity index (χ4v) is 0.631. The highest BCUT2D eigenvalue weighted by molar-refractivity contribution is 4.76. The second-order valence-electron chi connectivity index (χ2n) is 3.17. The Labute approximate surface area is 68.5 Å². The van der Waals surface area contributed by atoms with Crippen LogP contribution in [0.5, 0.6) is 0 Å². The summed E-state index contributed by atoms with van der Waals surface area (Å²) in [6.45, 7) is 5.32. The van der Waals surface area contributed by atoms with Crippen LogP contribution in [-0.4, -0.2) is 30.5 Å². The van der Waals surface area contributed by atoms with E-state index in [2.05, 4.69) is 6.92 Å². The van der Waals surface area contributed by atoms with Crippen LogP contribution in [0.25, 0.3) is 0 Å². The highest BCUT2D eigenvalue weighted by Gasteiger charge is 2.15. The maximum absolute atomic E-state index is 8.77. The van der Waals surface area contributed by atoms with Crippen LogP contribution in [-0.2, 0) is 4.74 Å². The summed E-state index contributed by atoms with van der Waals surface area (Å²) in [5, 5.41) is 8.77. The van der Waals surface area contributed by atoms with E-state index in [-0.39, 0.29) is 6.61 Å². The Hall–Kier alpha value is -0.120. The van der Waals surface area contributed by atoms with Gasteiger partial charge in [0.1, 0.15) is 0 Å². The van der Waals surface area contributed by atoms with Crippen molar-refractivity contribution in [2.75, 3.05) is 19.8 Å². The smallest absolute Gasteiger partial charge is 0.0609 e. The van der Waals surface area contributed by atoms with E-state index in [0.717, 1.165) is 13.0 Å². The molecule has 0 aromatic heterocycles. The third-order valence-electron chi connectivity index (χ3n) is 1.53. The standard InChI is InChI=1S/C8H19NO2/c1-3-5-11-6-4-8(2,9)7-10/h10H,3-7,9H2,1-2H3. The maximum Gasteiger partial charge on any atom is 0.0609 e. The van der Waals surface area contributed by atoms with Gasteiger partial charge in [0, 0.05) is 18.8 Å². The lowest BCUT2D eigenvalue weighted by Gasteiger charge is -2.20. The van der Waals surface area contributed by atoms with E-state index in [4.69, 9.17) is 15.6 Å². The number of aliphatic hydroxyl groups excluding tert-OH is 1. The molecular formula is C8H19NO2. The van der Waals surface area contributed by atoms with Crippen LogP contribution in [0.4, 0.5) is 0 Å². The zero-order chi connectivity index (χ0) is 8.74. The van der Waals surface area contributed by atoms with Gasteiger partial charge in [-0.15, -0.1) is 0 Å². The molecule has 68 valence electrons. The molecule has 3 nitrogen and oxygen atoms in total. The largest absolute Gasteiger partial charge is 0.394 e. The summed E-state index contributed by atoms with van der Waals surface area (Å²) in [6, 6.07) is 0. The lowest BCUT2D eigenvalue weighted by Crippen LogP contribution is -2.41. The van der Waals surface area contributed by atoms with Gasteiger partial charge in [0.25, 0.3) is 0 Å². The lowest BCUT2D eigenvalue weighted by atomic mass is 10.0. The minimum Gasteiger partial charge on any atom is -0.394 e. The van der Waals surface area contributed by atoms with Crippen LogP contribution in [0.2, 0.25) is 0 Å². The van der Waals surface area contributed by atoms with Crippen molar-refractivity contribution in [1.29, 1.82) is 0 Å². The van der Waals surface area contributed by atoms with Gasteiger partial charge in [-0.3, -0.25) is 0 Å². The SMILES string of the molecule is CCCOCCC(C)(N)CO. The first-order valence-corrected chi connectivity index (χ1v) is 4.10. The molecule has 1 atom stereocenters. The van der Waals surface area contributed by atoms with Crippen molar-refractivity contribution in [3.8, 4) is 0 Å². The van der Waals surface area contributed by atoms with E-state index in [9.17, 15) is 0 Å². The third kappa shape index (κ3) is 6.28. The van der Waals surface area contributed by atoms with Gasteiger partial charge in [-0.05, 0) is 19.8 Å². The molecule has 1 unspecified atom stereocenters. The number of nitrogens with two attached hydrogens (primary N) is 1. The molecule has 0 aliphatic rings. The summed E-state index contributed by atoms with van der Waals surface area (Å²) in [6.07, 6.45) is 1.74. The van der Waals surface area contributed by atoms with Crippen molar-refractivity contribution >= 4 is 0 Å². The molecule has 0 amide bonds. The quantitative estimate of drug-likeness (QED) is 0.558. The predicted molar refractivity (Wildman–Crippen MR) is 45.4 cm³/mol. The molecular weight excluding hydrogens is 142 g/mol.